The highest BCUT2D eigenvalue weighted by atomic mass is 16.1. The van der Waals surface area contributed by atoms with Crippen LogP contribution in [0.5, 0.6) is 0 Å². The topological polar surface area (TPSA) is 55.2 Å². The van der Waals surface area contributed by atoms with Crippen molar-refractivity contribution in [2.75, 3.05) is 19.6 Å². The molecule has 0 N–H and O–H groups in total. The van der Waals surface area contributed by atoms with E-state index < -0.39 is 0 Å². The molecule has 0 unspecified atom stereocenters. The van der Waals surface area contributed by atoms with E-state index in [9.17, 15) is 9.59 Å². The molecule has 194 valence electrons. The van der Waals surface area contributed by atoms with Crippen LogP contribution in [-0.2, 0) is 6.54 Å². The van der Waals surface area contributed by atoms with Crippen molar-refractivity contribution in [3.8, 4) is 0 Å². The van der Waals surface area contributed by atoms with Gasteiger partial charge in [0.2, 0.25) is 0 Å². The minimum absolute atomic E-state index is 0.113. The molecule has 0 bridgehead atoms. The van der Waals surface area contributed by atoms with Gasteiger partial charge in [-0.1, -0.05) is 78.9 Å². The fourth-order valence-corrected chi connectivity index (χ4v) is 5.91. The standard InChI is InChI=1S/C33H35N3O2/c1-24-11-9-16-28(25(24)2)31-29(32(37)26-12-5-3-6-13-26)21-36(19-10-18-35-20-17-34-23-35)22-30(31)33(38)27-14-7-4-8-15-27/h3-9,11-17,20,23,29-31H,10,18-19,21-22H2,1-2H3/t29-,30+,31+. The van der Waals surface area contributed by atoms with Gasteiger partial charge in [-0.2, -0.15) is 0 Å². The van der Waals surface area contributed by atoms with Gasteiger partial charge in [-0.05, 0) is 43.5 Å². The van der Waals surface area contributed by atoms with Crippen molar-refractivity contribution in [1.29, 1.82) is 0 Å². The van der Waals surface area contributed by atoms with Crippen molar-refractivity contribution in [2.45, 2.75) is 32.7 Å². The Hall–Kier alpha value is -3.83. The Balaban J connectivity index is 1.54. The van der Waals surface area contributed by atoms with Crippen LogP contribution < -0.4 is 0 Å². The van der Waals surface area contributed by atoms with Gasteiger partial charge >= 0.3 is 0 Å². The molecule has 4 aromatic rings. The summed E-state index contributed by atoms with van der Waals surface area (Å²) >= 11 is 0. The zero-order valence-electron chi connectivity index (χ0n) is 22.2. The van der Waals surface area contributed by atoms with E-state index in [0.717, 1.165) is 25.1 Å². The molecule has 0 amide bonds. The van der Waals surface area contributed by atoms with Crippen LogP contribution in [0.4, 0.5) is 0 Å². The average molecular weight is 506 g/mol. The summed E-state index contributed by atoms with van der Waals surface area (Å²) in [4.78, 5) is 34.8. The lowest BCUT2D eigenvalue weighted by atomic mass is 9.67. The lowest BCUT2D eigenvalue weighted by molar-refractivity contribution is 0.0567. The Kier molecular flexibility index (Phi) is 7.94. The smallest absolute Gasteiger partial charge is 0.167 e. The summed E-state index contributed by atoms with van der Waals surface area (Å²) in [6, 6.07) is 25.4. The van der Waals surface area contributed by atoms with Crippen LogP contribution >= 0.6 is 0 Å². The average Bonchev–Trinajstić information content (AvgIpc) is 3.48. The highest BCUT2D eigenvalue weighted by Gasteiger charge is 2.45. The maximum atomic E-state index is 14.1. The van der Waals surface area contributed by atoms with E-state index in [4.69, 9.17) is 0 Å². The Labute approximate surface area is 225 Å². The van der Waals surface area contributed by atoms with E-state index in [2.05, 4.69) is 46.5 Å². The second-order valence-electron chi connectivity index (χ2n) is 10.4. The number of rotatable bonds is 9. The van der Waals surface area contributed by atoms with Gasteiger partial charge in [0.15, 0.2) is 11.6 Å². The van der Waals surface area contributed by atoms with Crippen LogP contribution in [0.15, 0.2) is 97.6 Å². The lowest BCUT2D eigenvalue weighted by Crippen LogP contribution is -2.50. The SMILES string of the molecule is Cc1cccc([C@@H]2[C@@H](C(=O)c3ccccc3)CN(CCCn3ccnc3)C[C@H]2C(=O)c2ccccc2)c1C. The molecule has 1 aromatic heterocycles. The summed E-state index contributed by atoms with van der Waals surface area (Å²) in [5.74, 6) is -0.612. The molecule has 1 saturated heterocycles. The number of piperidine rings is 1. The third-order valence-corrected chi connectivity index (χ3v) is 8.02. The number of carbonyl (C=O) groups is 2. The lowest BCUT2D eigenvalue weighted by Gasteiger charge is -2.43. The number of aryl methyl sites for hydroxylation is 2. The fraction of sp³-hybridized carbons (Fsp3) is 0.303. The molecule has 5 heteroatoms. The molecule has 1 fully saturated rings. The van der Waals surface area contributed by atoms with Gasteiger partial charge in [0, 0.05) is 60.9 Å². The predicted molar refractivity (Wildman–Crippen MR) is 150 cm³/mol. The minimum atomic E-state index is -0.322. The second kappa shape index (κ2) is 11.7. The van der Waals surface area contributed by atoms with Gasteiger partial charge in [0.1, 0.15) is 0 Å². The number of benzene rings is 3. The molecule has 0 spiro atoms. The van der Waals surface area contributed by atoms with Gasteiger partial charge in [-0.25, -0.2) is 4.98 Å². The largest absolute Gasteiger partial charge is 0.337 e. The van der Waals surface area contributed by atoms with Gasteiger partial charge in [-0.15, -0.1) is 0 Å². The van der Waals surface area contributed by atoms with Gasteiger partial charge in [0.05, 0.1) is 6.33 Å². The molecule has 5 nitrogen and oxygen atoms in total. The summed E-state index contributed by atoms with van der Waals surface area (Å²) in [7, 11) is 0. The van der Waals surface area contributed by atoms with Gasteiger partial charge in [0.25, 0.3) is 0 Å². The predicted octanol–water partition coefficient (Wildman–Crippen LogP) is 5.99. The first-order chi connectivity index (χ1) is 18.5. The van der Waals surface area contributed by atoms with Crippen LogP contribution in [0.1, 0.15) is 49.7 Å². The zero-order valence-corrected chi connectivity index (χ0v) is 22.2. The molecule has 2 heterocycles. The molecule has 5 rings (SSSR count). The molecule has 1 aliphatic rings. The number of hydrogen-bond donors (Lipinski definition) is 0. The van der Waals surface area contributed by atoms with Crippen molar-refractivity contribution >= 4 is 11.6 Å². The Morgan fingerprint density at radius 2 is 1.39 bits per heavy atom. The first-order valence-corrected chi connectivity index (χ1v) is 13.5. The van der Waals surface area contributed by atoms with Crippen LogP contribution in [0.25, 0.3) is 0 Å². The number of ketones is 2. The number of carbonyl (C=O) groups excluding carboxylic acids is 2. The van der Waals surface area contributed by atoms with Crippen LogP contribution in [0, 0.1) is 25.7 Å². The monoisotopic (exact) mass is 505 g/mol. The number of likely N-dealkylation sites (tertiary alicyclic amines) is 1. The third-order valence-electron chi connectivity index (χ3n) is 8.02. The van der Waals surface area contributed by atoms with Crippen molar-refractivity contribution in [3.63, 3.8) is 0 Å². The van der Waals surface area contributed by atoms with E-state index in [-0.39, 0.29) is 29.3 Å². The molecule has 0 radical (unpaired) electrons. The maximum absolute atomic E-state index is 14.1. The number of hydrogen-bond acceptors (Lipinski definition) is 4. The maximum Gasteiger partial charge on any atom is 0.167 e. The van der Waals surface area contributed by atoms with Crippen molar-refractivity contribution < 1.29 is 9.59 Å². The zero-order chi connectivity index (χ0) is 26.5. The normalized spacial score (nSPS) is 19.8. The molecular formula is C33H35N3O2. The Bertz CT molecular complexity index is 1300. The summed E-state index contributed by atoms with van der Waals surface area (Å²) < 4.78 is 2.07. The number of Topliss-reactive ketones (excluding diaryl/α,β-unsaturated/α-hetero) is 2. The van der Waals surface area contributed by atoms with Crippen molar-refractivity contribution in [1.82, 2.24) is 14.5 Å². The fourth-order valence-electron chi connectivity index (χ4n) is 5.91. The first-order valence-electron chi connectivity index (χ1n) is 13.5. The Morgan fingerprint density at radius 3 is 1.95 bits per heavy atom. The van der Waals surface area contributed by atoms with E-state index in [1.165, 1.54) is 11.1 Å². The van der Waals surface area contributed by atoms with Crippen molar-refractivity contribution in [2.24, 2.45) is 11.8 Å². The van der Waals surface area contributed by atoms with Crippen LogP contribution in [-0.4, -0.2) is 45.7 Å². The summed E-state index contributed by atoms with van der Waals surface area (Å²) in [6.45, 7) is 7.16. The van der Waals surface area contributed by atoms with Gasteiger partial charge < -0.3 is 9.47 Å². The highest BCUT2D eigenvalue weighted by Crippen LogP contribution is 2.42. The molecule has 0 saturated carbocycles. The minimum Gasteiger partial charge on any atom is -0.337 e. The van der Waals surface area contributed by atoms with E-state index in [1.54, 1.807) is 6.20 Å². The summed E-state index contributed by atoms with van der Waals surface area (Å²) in [5.41, 5.74) is 4.88. The highest BCUT2D eigenvalue weighted by molar-refractivity contribution is 6.02. The van der Waals surface area contributed by atoms with Crippen molar-refractivity contribution in [3.05, 3.63) is 125 Å². The molecule has 0 aliphatic carbocycles. The van der Waals surface area contributed by atoms with Crippen LogP contribution in [0.3, 0.4) is 0 Å². The second-order valence-corrected chi connectivity index (χ2v) is 10.4. The van der Waals surface area contributed by atoms with Crippen LogP contribution in [0.2, 0.25) is 0 Å². The quantitative estimate of drug-likeness (QED) is 0.262. The van der Waals surface area contributed by atoms with E-state index in [0.29, 0.717) is 24.2 Å². The number of imidazole rings is 1. The third kappa shape index (κ3) is 5.53. The van der Waals surface area contributed by atoms with E-state index in [1.807, 2.05) is 73.2 Å². The Morgan fingerprint density at radius 1 is 0.789 bits per heavy atom. The molecule has 3 aromatic carbocycles. The molecular weight excluding hydrogens is 470 g/mol. The number of aromatic nitrogens is 2. The first kappa shape index (κ1) is 25.8. The molecule has 1 aliphatic heterocycles. The number of nitrogens with zero attached hydrogens (tertiary/aromatic N) is 3. The summed E-state index contributed by atoms with van der Waals surface area (Å²) in [5, 5.41) is 0. The molecule has 38 heavy (non-hydrogen) atoms. The molecule has 3 atom stereocenters. The summed E-state index contributed by atoms with van der Waals surface area (Å²) in [6.07, 6.45) is 6.51. The van der Waals surface area contributed by atoms with E-state index >= 15 is 0 Å². The van der Waals surface area contributed by atoms with Gasteiger partial charge in [-0.3, -0.25) is 9.59 Å².